The highest BCUT2D eigenvalue weighted by Crippen LogP contribution is 2.13. The van der Waals surface area contributed by atoms with Gasteiger partial charge in [-0.05, 0) is 30.7 Å². The number of halogens is 1. The molecule has 0 radical (unpaired) electrons. The summed E-state index contributed by atoms with van der Waals surface area (Å²) >= 11 is 0. The molecule has 2 amide bonds. The van der Waals surface area contributed by atoms with Crippen molar-refractivity contribution in [3.05, 3.63) is 59.9 Å². The Balaban J connectivity index is 1.58. The average molecular weight is 340 g/mol. The van der Waals surface area contributed by atoms with E-state index in [1.54, 1.807) is 19.1 Å². The molecule has 6 nitrogen and oxygen atoms in total. The molecule has 25 heavy (non-hydrogen) atoms. The maximum Gasteiger partial charge on any atom is 0.248 e. The number of carbonyl (C=O) groups excluding carboxylic acids is 2. The Labute approximate surface area is 143 Å². The summed E-state index contributed by atoms with van der Waals surface area (Å²) in [6, 6.07) is 12.6. The molecule has 0 aliphatic rings. The number of fused-ring (bicyclic) bond motifs is 1. The number of anilines is 1. The molecule has 3 N–H and O–H groups in total. The Hall–Kier alpha value is -3.22. The van der Waals surface area contributed by atoms with Gasteiger partial charge in [0.15, 0.2) is 0 Å². The number of benzene rings is 2. The van der Waals surface area contributed by atoms with Crippen LogP contribution in [-0.4, -0.2) is 27.8 Å². The SMILES string of the molecule is C[C@@H](NC(=O)Cc1ccccc1F)C(=O)Nc1nc2ccccc2[nH]1. The number of carbonyl (C=O) groups is 2. The van der Waals surface area contributed by atoms with E-state index in [-0.39, 0.29) is 12.0 Å². The van der Waals surface area contributed by atoms with Crippen molar-refractivity contribution in [1.82, 2.24) is 15.3 Å². The lowest BCUT2D eigenvalue weighted by Crippen LogP contribution is -2.42. The molecule has 0 unspecified atom stereocenters. The molecule has 0 saturated carbocycles. The quantitative estimate of drug-likeness (QED) is 0.666. The van der Waals surface area contributed by atoms with E-state index in [9.17, 15) is 14.0 Å². The number of hydrogen-bond donors (Lipinski definition) is 3. The van der Waals surface area contributed by atoms with Crippen molar-refractivity contribution in [2.75, 3.05) is 5.32 Å². The van der Waals surface area contributed by atoms with Gasteiger partial charge >= 0.3 is 0 Å². The van der Waals surface area contributed by atoms with E-state index in [0.717, 1.165) is 11.0 Å². The molecule has 128 valence electrons. The second-order valence-electron chi connectivity index (χ2n) is 5.65. The summed E-state index contributed by atoms with van der Waals surface area (Å²) in [6.45, 7) is 1.55. The van der Waals surface area contributed by atoms with Crippen molar-refractivity contribution < 1.29 is 14.0 Å². The highest BCUT2D eigenvalue weighted by Gasteiger charge is 2.18. The third-order valence-corrected chi connectivity index (χ3v) is 3.71. The summed E-state index contributed by atoms with van der Waals surface area (Å²) in [6.07, 6.45) is -0.130. The van der Waals surface area contributed by atoms with E-state index in [1.807, 2.05) is 24.3 Å². The monoisotopic (exact) mass is 340 g/mol. The molecule has 0 spiro atoms. The van der Waals surface area contributed by atoms with Crippen molar-refractivity contribution in [2.45, 2.75) is 19.4 Å². The minimum absolute atomic E-state index is 0.130. The lowest BCUT2D eigenvalue weighted by molar-refractivity contribution is -0.125. The van der Waals surface area contributed by atoms with Gasteiger partial charge in [-0.2, -0.15) is 0 Å². The Morgan fingerprint density at radius 3 is 2.64 bits per heavy atom. The van der Waals surface area contributed by atoms with E-state index in [2.05, 4.69) is 20.6 Å². The number of imidazole rings is 1. The molecule has 1 aromatic heterocycles. The van der Waals surface area contributed by atoms with Crippen molar-refractivity contribution in [2.24, 2.45) is 0 Å². The fourth-order valence-electron chi connectivity index (χ4n) is 2.41. The summed E-state index contributed by atoms with van der Waals surface area (Å²) in [4.78, 5) is 31.4. The molecule has 0 fully saturated rings. The second kappa shape index (κ2) is 7.12. The molecule has 0 bridgehead atoms. The number of aromatic nitrogens is 2. The van der Waals surface area contributed by atoms with E-state index in [4.69, 9.17) is 0 Å². The number of nitrogens with zero attached hydrogens (tertiary/aromatic N) is 1. The van der Waals surface area contributed by atoms with Crippen LogP contribution < -0.4 is 10.6 Å². The van der Waals surface area contributed by atoms with Gasteiger partial charge < -0.3 is 10.3 Å². The lowest BCUT2D eigenvalue weighted by Gasteiger charge is -2.13. The van der Waals surface area contributed by atoms with E-state index >= 15 is 0 Å². The first-order valence-corrected chi connectivity index (χ1v) is 7.81. The molecule has 3 aromatic rings. The normalized spacial score (nSPS) is 11.9. The Bertz CT molecular complexity index is 889. The van der Waals surface area contributed by atoms with Gasteiger partial charge in [-0.3, -0.25) is 14.9 Å². The van der Waals surface area contributed by atoms with Crippen LogP contribution in [0.4, 0.5) is 10.3 Å². The molecule has 2 aromatic carbocycles. The maximum absolute atomic E-state index is 13.6. The zero-order valence-corrected chi connectivity index (χ0v) is 13.5. The number of hydrogen-bond acceptors (Lipinski definition) is 3. The Morgan fingerprint density at radius 1 is 1.16 bits per heavy atom. The largest absolute Gasteiger partial charge is 0.344 e. The van der Waals surface area contributed by atoms with Crippen molar-refractivity contribution in [1.29, 1.82) is 0 Å². The minimum Gasteiger partial charge on any atom is -0.344 e. The van der Waals surface area contributed by atoms with E-state index < -0.39 is 23.7 Å². The Kier molecular flexibility index (Phi) is 4.74. The smallest absolute Gasteiger partial charge is 0.248 e. The first-order valence-electron chi connectivity index (χ1n) is 7.81. The van der Waals surface area contributed by atoms with Crippen LogP contribution in [0.1, 0.15) is 12.5 Å². The Morgan fingerprint density at radius 2 is 1.88 bits per heavy atom. The fraction of sp³-hybridized carbons (Fsp3) is 0.167. The van der Waals surface area contributed by atoms with Gasteiger partial charge in [-0.25, -0.2) is 9.37 Å². The third kappa shape index (κ3) is 4.00. The number of amides is 2. The zero-order chi connectivity index (χ0) is 17.8. The van der Waals surface area contributed by atoms with Gasteiger partial charge in [0.1, 0.15) is 11.9 Å². The molecule has 7 heteroatoms. The van der Waals surface area contributed by atoms with Gasteiger partial charge in [0.05, 0.1) is 17.5 Å². The van der Waals surface area contributed by atoms with Crippen LogP contribution >= 0.6 is 0 Å². The standard InChI is InChI=1S/C18H17FN4O2/c1-11(20-16(24)10-12-6-2-3-7-13(12)19)17(25)23-18-21-14-8-4-5-9-15(14)22-18/h2-9,11H,10H2,1H3,(H,20,24)(H2,21,22,23,25)/t11-/m1/s1. The molecule has 1 atom stereocenters. The summed E-state index contributed by atoms with van der Waals surface area (Å²) in [5.74, 6) is -0.989. The van der Waals surface area contributed by atoms with Crippen LogP contribution in [0.25, 0.3) is 11.0 Å². The third-order valence-electron chi connectivity index (χ3n) is 3.71. The summed E-state index contributed by atoms with van der Waals surface area (Å²) in [7, 11) is 0. The van der Waals surface area contributed by atoms with Crippen LogP contribution in [0.2, 0.25) is 0 Å². The summed E-state index contributed by atoms with van der Waals surface area (Å²) in [5, 5.41) is 5.17. The molecule has 3 rings (SSSR count). The van der Waals surface area contributed by atoms with Crippen molar-refractivity contribution in [3.8, 4) is 0 Å². The van der Waals surface area contributed by atoms with Gasteiger partial charge in [-0.1, -0.05) is 30.3 Å². The predicted molar refractivity (Wildman–Crippen MR) is 92.4 cm³/mol. The van der Waals surface area contributed by atoms with Crippen LogP contribution in [0.5, 0.6) is 0 Å². The highest BCUT2D eigenvalue weighted by molar-refractivity contribution is 5.97. The van der Waals surface area contributed by atoms with Crippen molar-refractivity contribution >= 4 is 28.8 Å². The van der Waals surface area contributed by atoms with E-state index in [0.29, 0.717) is 5.95 Å². The number of aromatic amines is 1. The molecule has 0 aliphatic heterocycles. The number of nitrogens with one attached hydrogen (secondary N) is 3. The molecule has 0 aliphatic carbocycles. The molecular weight excluding hydrogens is 323 g/mol. The highest BCUT2D eigenvalue weighted by atomic mass is 19.1. The van der Waals surface area contributed by atoms with Crippen LogP contribution in [0.3, 0.4) is 0 Å². The summed E-state index contributed by atoms with van der Waals surface area (Å²) < 4.78 is 13.6. The predicted octanol–water partition coefficient (Wildman–Crippen LogP) is 2.39. The van der Waals surface area contributed by atoms with Gasteiger partial charge in [0.25, 0.3) is 0 Å². The van der Waals surface area contributed by atoms with Crippen LogP contribution in [0.15, 0.2) is 48.5 Å². The topological polar surface area (TPSA) is 86.9 Å². The first-order chi connectivity index (χ1) is 12.0. The first kappa shape index (κ1) is 16.6. The minimum atomic E-state index is -0.785. The number of H-pyrrole nitrogens is 1. The molecular formula is C18H17FN4O2. The van der Waals surface area contributed by atoms with Crippen molar-refractivity contribution in [3.63, 3.8) is 0 Å². The van der Waals surface area contributed by atoms with Gasteiger partial charge in [-0.15, -0.1) is 0 Å². The van der Waals surface area contributed by atoms with Gasteiger partial charge in [0, 0.05) is 0 Å². The van der Waals surface area contributed by atoms with E-state index in [1.165, 1.54) is 12.1 Å². The maximum atomic E-state index is 13.6. The van der Waals surface area contributed by atoms with Crippen LogP contribution in [0, 0.1) is 5.82 Å². The van der Waals surface area contributed by atoms with Crippen LogP contribution in [-0.2, 0) is 16.0 Å². The molecule has 1 heterocycles. The second-order valence-corrected chi connectivity index (χ2v) is 5.65. The molecule has 0 saturated heterocycles. The lowest BCUT2D eigenvalue weighted by atomic mass is 10.1. The number of rotatable bonds is 5. The number of para-hydroxylation sites is 2. The average Bonchev–Trinajstić information content (AvgIpc) is 2.99. The van der Waals surface area contributed by atoms with Gasteiger partial charge in [0.2, 0.25) is 17.8 Å². The summed E-state index contributed by atoms with van der Waals surface area (Å²) in [5.41, 5.74) is 1.81. The fourth-order valence-corrected chi connectivity index (χ4v) is 2.41. The zero-order valence-electron chi connectivity index (χ0n) is 13.5.